The van der Waals surface area contributed by atoms with Crippen molar-refractivity contribution in [3.8, 4) is 0 Å². The molecule has 8 heteroatoms. The van der Waals surface area contributed by atoms with Gasteiger partial charge in [-0.25, -0.2) is 18.4 Å². The molecule has 1 atom stereocenters. The molecule has 1 amide bonds. The van der Waals surface area contributed by atoms with Gasteiger partial charge in [0.25, 0.3) is 5.91 Å². The lowest BCUT2D eigenvalue weighted by Crippen LogP contribution is -2.37. The van der Waals surface area contributed by atoms with Crippen molar-refractivity contribution in [1.29, 1.82) is 0 Å². The summed E-state index contributed by atoms with van der Waals surface area (Å²) in [4.78, 5) is 22.7. The van der Waals surface area contributed by atoms with Gasteiger partial charge < -0.3 is 10.2 Å². The molecule has 1 aliphatic carbocycles. The minimum absolute atomic E-state index is 0.116. The normalized spacial score (nSPS) is 23.8. The fourth-order valence-corrected chi connectivity index (χ4v) is 5.17. The molecular weight excluding hydrogens is 328 g/mol. The lowest BCUT2D eigenvalue weighted by Gasteiger charge is -2.24. The summed E-state index contributed by atoms with van der Waals surface area (Å²) in [6.07, 6.45) is 7.70. The Balaban J connectivity index is 1.68. The van der Waals surface area contributed by atoms with Crippen molar-refractivity contribution in [2.45, 2.75) is 50.6 Å². The summed E-state index contributed by atoms with van der Waals surface area (Å²) in [5.74, 6) is 0.529. The molecule has 2 heterocycles. The highest BCUT2D eigenvalue weighted by molar-refractivity contribution is 7.91. The van der Waals surface area contributed by atoms with E-state index in [1.165, 1.54) is 6.42 Å². The first-order valence-corrected chi connectivity index (χ1v) is 10.3. The van der Waals surface area contributed by atoms with Gasteiger partial charge in [0.05, 0.1) is 11.5 Å². The third-order valence-corrected chi connectivity index (χ3v) is 6.64. The second-order valence-corrected chi connectivity index (χ2v) is 8.95. The molecule has 1 N–H and O–H groups in total. The molecule has 2 aliphatic rings. The molecule has 3 rings (SSSR count). The number of sulfone groups is 1. The zero-order chi connectivity index (χ0) is 17.2. The van der Waals surface area contributed by atoms with Gasteiger partial charge in [0.1, 0.15) is 5.69 Å². The monoisotopic (exact) mass is 352 g/mol. The van der Waals surface area contributed by atoms with Gasteiger partial charge in [-0.2, -0.15) is 0 Å². The van der Waals surface area contributed by atoms with Gasteiger partial charge in [-0.05, 0) is 25.3 Å². The number of nitrogens with zero attached hydrogens (tertiary/aromatic N) is 3. The van der Waals surface area contributed by atoms with Crippen LogP contribution in [0.3, 0.4) is 0 Å². The number of rotatable bonds is 4. The van der Waals surface area contributed by atoms with E-state index in [2.05, 4.69) is 15.3 Å². The van der Waals surface area contributed by atoms with Crippen molar-refractivity contribution in [3.05, 3.63) is 18.0 Å². The molecule has 1 unspecified atom stereocenters. The fourth-order valence-electron chi connectivity index (χ4n) is 3.40. The van der Waals surface area contributed by atoms with Gasteiger partial charge in [0.2, 0.25) is 5.95 Å². The number of anilines is 1. The third kappa shape index (κ3) is 4.03. The van der Waals surface area contributed by atoms with Gasteiger partial charge in [0, 0.05) is 25.3 Å². The highest BCUT2D eigenvalue weighted by Gasteiger charge is 2.32. The molecule has 0 bridgehead atoms. The molecule has 0 radical (unpaired) electrons. The summed E-state index contributed by atoms with van der Waals surface area (Å²) >= 11 is 0. The Morgan fingerprint density at radius 3 is 2.67 bits per heavy atom. The smallest absolute Gasteiger partial charge is 0.270 e. The van der Waals surface area contributed by atoms with Crippen LogP contribution in [0.4, 0.5) is 5.95 Å². The minimum Gasteiger partial charge on any atom is -0.348 e. The average molecular weight is 352 g/mol. The summed E-state index contributed by atoms with van der Waals surface area (Å²) in [6, 6.07) is 1.69. The summed E-state index contributed by atoms with van der Waals surface area (Å²) in [5, 5.41) is 3.04. The Morgan fingerprint density at radius 1 is 1.25 bits per heavy atom. The van der Waals surface area contributed by atoms with E-state index in [0.29, 0.717) is 18.1 Å². The second-order valence-electron chi connectivity index (χ2n) is 6.72. The Bertz CT molecular complexity index is 701. The van der Waals surface area contributed by atoms with E-state index >= 15 is 0 Å². The Kier molecular flexibility index (Phi) is 5.03. The summed E-state index contributed by atoms with van der Waals surface area (Å²) in [6.45, 7) is 0. The molecule has 24 heavy (non-hydrogen) atoms. The van der Waals surface area contributed by atoms with E-state index in [-0.39, 0.29) is 29.5 Å². The topological polar surface area (TPSA) is 92.3 Å². The number of carbonyl (C=O) groups excluding carboxylic acids is 1. The van der Waals surface area contributed by atoms with Crippen LogP contribution in [0.25, 0.3) is 0 Å². The lowest BCUT2D eigenvalue weighted by molar-refractivity contribution is 0.0922. The van der Waals surface area contributed by atoms with E-state index in [1.54, 1.807) is 24.2 Å². The standard InChI is InChI=1S/C16H24N4O3S/c1-20(13-8-10-24(22,23)11-13)16-17-9-7-14(19-16)15(21)18-12-5-3-2-4-6-12/h7,9,12-13H,2-6,8,10-11H2,1H3,(H,18,21). The lowest BCUT2D eigenvalue weighted by atomic mass is 9.95. The first kappa shape index (κ1) is 17.1. The molecule has 132 valence electrons. The first-order valence-electron chi connectivity index (χ1n) is 8.52. The minimum atomic E-state index is -2.97. The molecular formula is C16H24N4O3S. The maximum Gasteiger partial charge on any atom is 0.270 e. The van der Waals surface area contributed by atoms with E-state index in [1.807, 2.05) is 0 Å². The Hall–Kier alpha value is -1.70. The molecule has 0 spiro atoms. The van der Waals surface area contributed by atoms with Crippen molar-refractivity contribution < 1.29 is 13.2 Å². The quantitative estimate of drug-likeness (QED) is 0.874. The van der Waals surface area contributed by atoms with Gasteiger partial charge >= 0.3 is 0 Å². The summed E-state index contributed by atoms with van der Waals surface area (Å²) in [7, 11) is -1.19. The van der Waals surface area contributed by atoms with Gasteiger partial charge in [-0.1, -0.05) is 19.3 Å². The molecule has 1 saturated carbocycles. The van der Waals surface area contributed by atoms with Crippen LogP contribution in [0.15, 0.2) is 12.3 Å². The van der Waals surface area contributed by atoms with Crippen LogP contribution in [0.1, 0.15) is 49.0 Å². The maximum absolute atomic E-state index is 12.4. The van der Waals surface area contributed by atoms with E-state index in [9.17, 15) is 13.2 Å². The van der Waals surface area contributed by atoms with Crippen LogP contribution in [-0.4, -0.2) is 54.9 Å². The van der Waals surface area contributed by atoms with Crippen molar-refractivity contribution in [2.75, 3.05) is 23.5 Å². The predicted molar refractivity (Wildman–Crippen MR) is 91.8 cm³/mol. The van der Waals surface area contributed by atoms with Crippen molar-refractivity contribution in [2.24, 2.45) is 0 Å². The molecule has 7 nitrogen and oxygen atoms in total. The van der Waals surface area contributed by atoms with E-state index in [0.717, 1.165) is 25.7 Å². The molecule has 2 fully saturated rings. The average Bonchev–Trinajstić information content (AvgIpc) is 2.95. The van der Waals surface area contributed by atoms with Crippen molar-refractivity contribution >= 4 is 21.7 Å². The van der Waals surface area contributed by atoms with Crippen LogP contribution in [0.5, 0.6) is 0 Å². The maximum atomic E-state index is 12.4. The third-order valence-electron chi connectivity index (χ3n) is 4.89. The van der Waals surface area contributed by atoms with E-state index < -0.39 is 9.84 Å². The van der Waals surface area contributed by atoms with E-state index in [4.69, 9.17) is 0 Å². The highest BCUT2D eigenvalue weighted by atomic mass is 32.2. The highest BCUT2D eigenvalue weighted by Crippen LogP contribution is 2.21. The Morgan fingerprint density at radius 2 is 2.00 bits per heavy atom. The molecule has 1 aromatic rings. The summed E-state index contributed by atoms with van der Waals surface area (Å²) in [5.41, 5.74) is 0.332. The van der Waals surface area contributed by atoms with Gasteiger partial charge in [-0.15, -0.1) is 0 Å². The zero-order valence-corrected chi connectivity index (χ0v) is 14.8. The number of carbonyl (C=O) groups is 1. The molecule has 1 aliphatic heterocycles. The van der Waals surface area contributed by atoms with Crippen molar-refractivity contribution in [1.82, 2.24) is 15.3 Å². The van der Waals surface area contributed by atoms with Gasteiger partial charge in [-0.3, -0.25) is 4.79 Å². The van der Waals surface area contributed by atoms with Gasteiger partial charge in [0.15, 0.2) is 9.84 Å². The SMILES string of the molecule is CN(c1nccc(C(=O)NC2CCCCC2)n1)C1CCS(=O)(=O)C1. The number of amides is 1. The number of nitrogens with one attached hydrogen (secondary N) is 1. The fraction of sp³-hybridized carbons (Fsp3) is 0.688. The molecule has 1 aromatic heterocycles. The largest absolute Gasteiger partial charge is 0.348 e. The molecule has 1 saturated heterocycles. The Labute approximate surface area is 142 Å². The van der Waals surface area contributed by atoms with Crippen LogP contribution in [0, 0.1) is 0 Å². The first-order chi connectivity index (χ1) is 11.4. The number of hydrogen-bond donors (Lipinski definition) is 1. The van der Waals surface area contributed by atoms with Crippen LogP contribution < -0.4 is 10.2 Å². The number of hydrogen-bond acceptors (Lipinski definition) is 6. The van der Waals surface area contributed by atoms with Crippen LogP contribution in [0.2, 0.25) is 0 Å². The van der Waals surface area contributed by atoms with Crippen LogP contribution in [-0.2, 0) is 9.84 Å². The second kappa shape index (κ2) is 7.04. The van der Waals surface area contributed by atoms with Crippen LogP contribution >= 0.6 is 0 Å². The molecule has 0 aromatic carbocycles. The summed E-state index contributed by atoms with van der Waals surface area (Å²) < 4.78 is 23.3. The number of aromatic nitrogens is 2. The van der Waals surface area contributed by atoms with Crippen molar-refractivity contribution in [3.63, 3.8) is 0 Å². The predicted octanol–water partition coefficient (Wildman–Crippen LogP) is 1.16. The zero-order valence-electron chi connectivity index (χ0n) is 13.9.